The molecule has 0 bridgehead atoms. The second-order valence-electron chi connectivity index (χ2n) is 15.3. The Hall–Kier alpha value is -3.15. The lowest BCUT2D eigenvalue weighted by atomic mass is 10.0. The summed E-state index contributed by atoms with van der Waals surface area (Å²) >= 11 is 0. The van der Waals surface area contributed by atoms with Crippen LogP contribution in [0.4, 0.5) is 0 Å². The maximum absolute atomic E-state index is 13.9. The first-order chi connectivity index (χ1) is 18.3. The average Bonchev–Trinajstić information content (AvgIpc) is 2.70. The van der Waals surface area contributed by atoms with Gasteiger partial charge in [0.25, 0.3) is 0 Å². The van der Waals surface area contributed by atoms with Crippen molar-refractivity contribution in [2.75, 3.05) is 0 Å². The van der Waals surface area contributed by atoms with Crippen LogP contribution < -0.4 is 23.7 Å². The van der Waals surface area contributed by atoms with E-state index in [0.717, 1.165) is 5.56 Å². The minimum atomic E-state index is -0.576. The highest BCUT2D eigenvalue weighted by Crippen LogP contribution is 2.41. The van der Waals surface area contributed by atoms with E-state index < -0.39 is 22.4 Å². The molecule has 2 aromatic carbocycles. The molecule has 0 aliphatic heterocycles. The molecule has 0 atom stereocenters. The number of carbonyl (C=O) groups excluding carboxylic acids is 1. The maximum atomic E-state index is 13.9. The van der Waals surface area contributed by atoms with Crippen LogP contribution in [0.2, 0.25) is 0 Å². The van der Waals surface area contributed by atoms with Gasteiger partial charge in [0.2, 0.25) is 0 Å². The van der Waals surface area contributed by atoms with E-state index in [0.29, 0.717) is 34.3 Å². The van der Waals surface area contributed by atoms with Crippen molar-refractivity contribution in [2.24, 2.45) is 0 Å². The fourth-order valence-electron chi connectivity index (χ4n) is 3.74. The minimum absolute atomic E-state index is 0.258. The Kier molecular flexibility index (Phi) is 9.96. The lowest BCUT2D eigenvalue weighted by Gasteiger charge is -2.30. The Morgan fingerprint density at radius 2 is 1.00 bits per heavy atom. The summed E-state index contributed by atoms with van der Waals surface area (Å²) in [5, 5.41) is 0. The first-order valence-electron chi connectivity index (χ1n) is 14.3. The van der Waals surface area contributed by atoms with Gasteiger partial charge in [0, 0.05) is 11.6 Å². The van der Waals surface area contributed by atoms with Crippen molar-refractivity contribution in [3.8, 4) is 28.7 Å². The lowest BCUT2D eigenvalue weighted by molar-refractivity contribution is 0.0884. The summed E-state index contributed by atoms with van der Waals surface area (Å²) in [4.78, 5) is 13.9. The molecular formula is C35H52O6. The summed E-state index contributed by atoms with van der Waals surface area (Å²) < 4.78 is 31.1. The van der Waals surface area contributed by atoms with Crippen LogP contribution in [0, 0.1) is 0 Å². The molecular weight excluding hydrogens is 516 g/mol. The number of hydrogen-bond acceptors (Lipinski definition) is 6. The van der Waals surface area contributed by atoms with Gasteiger partial charge in [-0.05, 0) is 140 Å². The second-order valence-corrected chi connectivity index (χ2v) is 15.3. The van der Waals surface area contributed by atoms with Crippen LogP contribution in [0.15, 0.2) is 36.4 Å². The van der Waals surface area contributed by atoms with Crippen molar-refractivity contribution in [3.05, 3.63) is 47.5 Å². The number of ketones is 1. The van der Waals surface area contributed by atoms with E-state index in [4.69, 9.17) is 23.7 Å². The van der Waals surface area contributed by atoms with Gasteiger partial charge in [-0.1, -0.05) is 0 Å². The Bertz CT molecular complexity index is 1240. The Labute approximate surface area is 248 Å². The van der Waals surface area contributed by atoms with Crippen molar-refractivity contribution >= 4 is 11.9 Å². The van der Waals surface area contributed by atoms with Gasteiger partial charge in [-0.25, -0.2) is 0 Å². The van der Waals surface area contributed by atoms with Gasteiger partial charge < -0.3 is 23.7 Å². The first-order valence-corrected chi connectivity index (χ1v) is 14.3. The van der Waals surface area contributed by atoms with E-state index in [1.807, 2.05) is 122 Å². The fourth-order valence-corrected chi connectivity index (χ4v) is 3.74. The third-order valence-electron chi connectivity index (χ3n) is 4.78. The zero-order chi connectivity index (χ0) is 31.6. The van der Waals surface area contributed by atoms with E-state index in [9.17, 15) is 4.79 Å². The van der Waals surface area contributed by atoms with Crippen molar-refractivity contribution in [2.45, 2.75) is 132 Å². The SMILES string of the molecule is CC(C)(C)Oc1ccc(OC(C)(C)C)c(C=CC(=O)c2cc(OC(C)(C)C)cc(OC(C)(C)C)c2OC(C)(C)C)c1. The van der Waals surface area contributed by atoms with Gasteiger partial charge in [-0.15, -0.1) is 0 Å². The zero-order valence-electron chi connectivity index (χ0n) is 28.0. The van der Waals surface area contributed by atoms with E-state index in [2.05, 4.69) is 0 Å². The van der Waals surface area contributed by atoms with Crippen LogP contribution in [0.5, 0.6) is 28.7 Å². The monoisotopic (exact) mass is 568 g/mol. The van der Waals surface area contributed by atoms with Crippen LogP contribution in [-0.4, -0.2) is 33.8 Å². The third kappa shape index (κ3) is 12.5. The number of benzene rings is 2. The van der Waals surface area contributed by atoms with Crippen LogP contribution in [0.3, 0.4) is 0 Å². The summed E-state index contributed by atoms with van der Waals surface area (Å²) in [5.41, 5.74) is -1.32. The molecule has 6 nitrogen and oxygen atoms in total. The van der Waals surface area contributed by atoms with Gasteiger partial charge in [-0.3, -0.25) is 4.79 Å². The number of allylic oxidation sites excluding steroid dienone is 1. The van der Waals surface area contributed by atoms with Crippen LogP contribution in [0.1, 0.15) is 120 Å². The van der Waals surface area contributed by atoms with Gasteiger partial charge in [0.15, 0.2) is 17.3 Å². The van der Waals surface area contributed by atoms with Crippen molar-refractivity contribution < 1.29 is 28.5 Å². The largest absolute Gasteiger partial charge is 0.488 e. The molecule has 0 saturated carbocycles. The van der Waals surface area contributed by atoms with Gasteiger partial charge >= 0.3 is 0 Å². The average molecular weight is 569 g/mol. The highest BCUT2D eigenvalue weighted by molar-refractivity contribution is 6.09. The molecule has 0 aliphatic carbocycles. The first kappa shape index (κ1) is 34.1. The molecule has 0 aliphatic rings. The molecule has 0 aromatic heterocycles. The Morgan fingerprint density at radius 3 is 1.49 bits per heavy atom. The van der Waals surface area contributed by atoms with E-state index in [-0.39, 0.29) is 11.4 Å². The summed E-state index contributed by atoms with van der Waals surface area (Å²) in [5.74, 6) is 2.42. The number of carbonyl (C=O) groups is 1. The van der Waals surface area contributed by atoms with Gasteiger partial charge in [-0.2, -0.15) is 0 Å². The number of rotatable bonds is 8. The molecule has 41 heavy (non-hydrogen) atoms. The Morgan fingerprint density at radius 1 is 0.537 bits per heavy atom. The smallest absolute Gasteiger partial charge is 0.189 e. The van der Waals surface area contributed by atoms with E-state index >= 15 is 0 Å². The molecule has 2 rings (SSSR count). The summed E-state index contributed by atoms with van der Waals surface area (Å²) in [6.07, 6.45) is 3.28. The number of ether oxygens (including phenoxy) is 5. The normalized spacial score (nSPS) is 13.2. The molecule has 228 valence electrons. The summed E-state index contributed by atoms with van der Waals surface area (Å²) in [6.45, 7) is 29.5. The van der Waals surface area contributed by atoms with Crippen molar-refractivity contribution in [1.29, 1.82) is 0 Å². The molecule has 0 fully saturated rings. The molecule has 0 heterocycles. The summed E-state index contributed by atoms with van der Waals surface area (Å²) in [6, 6.07) is 9.15. The maximum Gasteiger partial charge on any atom is 0.189 e. The predicted octanol–water partition coefficient (Wildman–Crippen LogP) is 9.47. The highest BCUT2D eigenvalue weighted by Gasteiger charge is 2.27. The van der Waals surface area contributed by atoms with E-state index in [1.54, 1.807) is 18.2 Å². The third-order valence-corrected chi connectivity index (χ3v) is 4.78. The molecule has 0 amide bonds. The predicted molar refractivity (Wildman–Crippen MR) is 168 cm³/mol. The minimum Gasteiger partial charge on any atom is -0.488 e. The van der Waals surface area contributed by atoms with E-state index in [1.165, 1.54) is 6.08 Å². The highest BCUT2D eigenvalue weighted by atomic mass is 16.5. The number of hydrogen-bond donors (Lipinski definition) is 0. The zero-order valence-corrected chi connectivity index (χ0v) is 28.0. The topological polar surface area (TPSA) is 63.2 Å². The quantitative estimate of drug-likeness (QED) is 0.233. The molecule has 0 unspecified atom stereocenters. The molecule has 0 spiro atoms. The van der Waals surface area contributed by atoms with Crippen molar-refractivity contribution in [3.63, 3.8) is 0 Å². The molecule has 0 N–H and O–H groups in total. The van der Waals surface area contributed by atoms with Gasteiger partial charge in [0.1, 0.15) is 45.3 Å². The molecule has 6 heteroatoms. The van der Waals surface area contributed by atoms with Crippen molar-refractivity contribution in [1.82, 2.24) is 0 Å². The standard InChI is InChI=1S/C35H52O6/c1-31(2,3)37-24-17-19-28(39-33(7,8)9)23(20-24)16-18-27(36)26-21-25(38-32(4,5)6)22-29(40-34(10,11)12)30(26)41-35(13,14)15/h16-22H,1-15H3. The van der Waals surface area contributed by atoms with Crippen LogP contribution in [-0.2, 0) is 0 Å². The summed E-state index contributed by atoms with van der Waals surface area (Å²) in [7, 11) is 0. The van der Waals surface area contributed by atoms with Crippen LogP contribution in [0.25, 0.3) is 6.08 Å². The fraction of sp³-hybridized carbons (Fsp3) is 0.571. The molecule has 0 saturated heterocycles. The molecule has 0 radical (unpaired) electrons. The van der Waals surface area contributed by atoms with Gasteiger partial charge in [0.05, 0.1) is 5.56 Å². The Balaban J connectivity index is 2.70. The second kappa shape index (κ2) is 12.0. The lowest BCUT2D eigenvalue weighted by Crippen LogP contribution is -2.28. The van der Waals surface area contributed by atoms with Crippen LogP contribution >= 0.6 is 0 Å². The molecule has 2 aromatic rings.